The molecule has 0 radical (unpaired) electrons. The van der Waals surface area contributed by atoms with Crippen molar-refractivity contribution in [3.63, 3.8) is 0 Å². The topological polar surface area (TPSA) is 41.6 Å². The lowest BCUT2D eigenvalue weighted by molar-refractivity contribution is 1.22. The summed E-state index contributed by atoms with van der Waals surface area (Å²) in [6.45, 7) is 0. The quantitative estimate of drug-likeness (QED) is 0.343. The van der Waals surface area contributed by atoms with Crippen LogP contribution in [0.2, 0.25) is 0 Å². The van der Waals surface area contributed by atoms with Crippen molar-refractivity contribution in [3.05, 3.63) is 95.4 Å². The summed E-state index contributed by atoms with van der Waals surface area (Å²) in [5.74, 6) is 0. The highest BCUT2D eigenvalue weighted by Gasteiger charge is 2.23. The monoisotopic (exact) mass is 407 g/mol. The minimum absolute atomic E-state index is 0.709. The third-order valence-corrected chi connectivity index (χ3v) is 6.46. The molecule has 5 rings (SSSR count). The van der Waals surface area contributed by atoms with Crippen molar-refractivity contribution in [1.29, 1.82) is 5.26 Å². The molecular weight excluding hydrogens is 394 g/mol. The Labute approximate surface area is 177 Å². The minimum Gasteiger partial charge on any atom is -0.278 e. The maximum Gasteiger partial charge on any atom is 0.112 e. The van der Waals surface area contributed by atoms with Crippen molar-refractivity contribution in [2.45, 2.75) is 4.90 Å². The Morgan fingerprint density at radius 2 is 1.90 bits per heavy atom. The second-order valence-corrected chi connectivity index (χ2v) is 8.25. The third kappa shape index (κ3) is 3.07. The van der Waals surface area contributed by atoms with Crippen molar-refractivity contribution >= 4 is 34.2 Å². The van der Waals surface area contributed by atoms with Crippen LogP contribution in [0.1, 0.15) is 4.88 Å². The van der Waals surface area contributed by atoms with Crippen molar-refractivity contribution in [1.82, 2.24) is 8.96 Å². The molecule has 0 amide bonds. The lowest BCUT2D eigenvalue weighted by Gasteiger charge is -2.11. The van der Waals surface area contributed by atoms with Gasteiger partial charge in [0.15, 0.2) is 0 Å². The Balaban J connectivity index is 1.88. The highest BCUT2D eigenvalue weighted by atomic mass is 32.2. The van der Waals surface area contributed by atoms with Crippen LogP contribution >= 0.6 is 23.3 Å². The van der Waals surface area contributed by atoms with E-state index in [1.807, 2.05) is 60.1 Å². The van der Waals surface area contributed by atoms with Gasteiger partial charge in [0, 0.05) is 39.9 Å². The predicted molar refractivity (Wildman–Crippen MR) is 119 cm³/mol. The van der Waals surface area contributed by atoms with E-state index in [1.54, 1.807) is 18.1 Å². The Kier molecular flexibility index (Phi) is 4.54. The van der Waals surface area contributed by atoms with Crippen LogP contribution in [-0.4, -0.2) is 8.96 Å². The minimum atomic E-state index is 0.709. The standard InChI is InChI=1S/C24H13N3S2/c25-15-22-20(12-14-28-22)23-19-10-4-5-11-21(19)27(29-18-9-6-13-26-16-18)24(23)17-7-2-1-3-8-17/h1-3,6-14,16H. The summed E-state index contributed by atoms with van der Waals surface area (Å²) in [5, 5.41) is 12.7. The summed E-state index contributed by atoms with van der Waals surface area (Å²) >= 11 is 3.08. The van der Waals surface area contributed by atoms with Crippen LogP contribution in [0.5, 0.6) is 0 Å². The highest BCUT2D eigenvalue weighted by Crippen LogP contribution is 2.45. The zero-order valence-corrected chi connectivity index (χ0v) is 16.8. The van der Waals surface area contributed by atoms with Crippen molar-refractivity contribution in [2.24, 2.45) is 0 Å². The van der Waals surface area contributed by atoms with Crippen LogP contribution in [0.15, 0.2) is 83.3 Å². The van der Waals surface area contributed by atoms with Crippen LogP contribution < -0.4 is 0 Å². The molecule has 3 aromatic heterocycles. The molecule has 0 saturated heterocycles. The van der Waals surface area contributed by atoms with Gasteiger partial charge < -0.3 is 0 Å². The fourth-order valence-electron chi connectivity index (χ4n) is 3.42. The van der Waals surface area contributed by atoms with Crippen LogP contribution in [-0.2, 0) is 0 Å². The van der Waals surface area contributed by atoms with E-state index in [1.165, 1.54) is 11.3 Å². The van der Waals surface area contributed by atoms with E-state index in [9.17, 15) is 5.26 Å². The number of benzene rings is 1. The van der Waals surface area contributed by atoms with Crippen LogP contribution in [0.4, 0.5) is 0 Å². The first-order valence-corrected chi connectivity index (χ1v) is 10.6. The number of pyridine rings is 1. The number of thiophene rings is 1. The molecule has 29 heavy (non-hydrogen) atoms. The molecule has 0 aliphatic rings. The lowest BCUT2D eigenvalue weighted by atomic mass is 9.99. The number of nitrogens with zero attached hydrogens (tertiary/aromatic N) is 3. The average Bonchev–Trinajstić information content (AvgIpc) is 3.37. The molecular formula is C24H13N3S2. The summed E-state index contributed by atoms with van der Waals surface area (Å²) in [5.41, 5.74) is 5.17. The van der Waals surface area contributed by atoms with Gasteiger partial charge in [-0.3, -0.25) is 8.96 Å². The number of hydrogen-bond acceptors (Lipinski definition) is 4. The molecule has 3 heterocycles. The first-order chi connectivity index (χ1) is 14.4. The summed E-state index contributed by atoms with van der Waals surface area (Å²) in [7, 11) is 0. The summed E-state index contributed by atoms with van der Waals surface area (Å²) in [6.07, 6.45) is 3.63. The first kappa shape index (κ1) is 17.6. The van der Waals surface area contributed by atoms with Gasteiger partial charge >= 0.3 is 0 Å². The summed E-state index contributed by atoms with van der Waals surface area (Å²) in [6, 6.07) is 28.7. The summed E-state index contributed by atoms with van der Waals surface area (Å²) in [4.78, 5) is 6.00. The van der Waals surface area contributed by atoms with Gasteiger partial charge in [0.1, 0.15) is 10.9 Å². The maximum atomic E-state index is 9.67. The lowest BCUT2D eigenvalue weighted by Crippen LogP contribution is -1.92. The van der Waals surface area contributed by atoms with Gasteiger partial charge in [-0.25, -0.2) is 0 Å². The van der Waals surface area contributed by atoms with Gasteiger partial charge in [-0.2, -0.15) is 5.26 Å². The highest BCUT2D eigenvalue weighted by molar-refractivity contribution is 7.98. The van der Waals surface area contributed by atoms with E-state index in [0.29, 0.717) is 4.88 Å². The predicted octanol–water partition coefficient (Wildman–Crippen LogP) is 6.46. The summed E-state index contributed by atoms with van der Waals surface area (Å²) < 4.78 is 2.21. The van der Waals surface area contributed by atoms with Gasteiger partial charge in [0.25, 0.3) is 0 Å². The molecule has 0 spiro atoms. The molecule has 2 aromatic carbocycles. The van der Waals surface area contributed by atoms with Crippen molar-refractivity contribution < 1.29 is 0 Å². The number of nitriles is 1. The van der Waals surface area contributed by atoms with Gasteiger partial charge in [-0.1, -0.05) is 42.5 Å². The molecule has 0 saturated carbocycles. The smallest absolute Gasteiger partial charge is 0.112 e. The zero-order valence-electron chi connectivity index (χ0n) is 15.2. The fraction of sp³-hybridized carbons (Fsp3) is 0. The molecule has 0 atom stereocenters. The van der Waals surface area contributed by atoms with Gasteiger partial charge in [0.2, 0.25) is 0 Å². The fourth-order valence-corrected chi connectivity index (χ4v) is 5.10. The Morgan fingerprint density at radius 1 is 1.03 bits per heavy atom. The molecule has 0 aliphatic heterocycles. The normalized spacial score (nSPS) is 10.6. The maximum absolute atomic E-state index is 9.67. The van der Waals surface area contributed by atoms with Crippen LogP contribution in [0.3, 0.4) is 0 Å². The second-order valence-electron chi connectivity index (χ2n) is 6.32. The van der Waals surface area contributed by atoms with Crippen molar-refractivity contribution in [3.8, 4) is 28.5 Å². The van der Waals surface area contributed by atoms with Crippen LogP contribution in [0.25, 0.3) is 33.3 Å². The zero-order chi connectivity index (χ0) is 19.6. The largest absolute Gasteiger partial charge is 0.278 e. The number of aromatic nitrogens is 2. The molecule has 0 bridgehead atoms. The van der Waals surface area contributed by atoms with Crippen LogP contribution in [0, 0.1) is 23.5 Å². The van der Waals surface area contributed by atoms with Gasteiger partial charge in [0.05, 0.1) is 11.2 Å². The molecule has 0 fully saturated rings. The third-order valence-electron chi connectivity index (χ3n) is 4.63. The Morgan fingerprint density at radius 3 is 2.69 bits per heavy atom. The number of rotatable bonds is 4. The number of fused-ring (bicyclic) bond motifs is 1. The SMILES string of the molecule is N#Cc1sccc1-c1c(-c2ccccc2)n(Sc2cccnc2)c2cc#ccc12. The van der Waals surface area contributed by atoms with E-state index >= 15 is 0 Å². The second kappa shape index (κ2) is 7.48. The van der Waals surface area contributed by atoms with E-state index < -0.39 is 0 Å². The molecule has 0 N–H and O–H groups in total. The first-order valence-electron chi connectivity index (χ1n) is 8.95. The van der Waals surface area contributed by atoms with Gasteiger partial charge in [-0.05, 0) is 47.2 Å². The van der Waals surface area contributed by atoms with Gasteiger partial charge in [-0.15, -0.1) is 11.3 Å². The molecule has 136 valence electrons. The molecule has 3 nitrogen and oxygen atoms in total. The van der Waals surface area contributed by atoms with E-state index in [-0.39, 0.29) is 0 Å². The molecule has 5 heteroatoms. The Hall–Kier alpha value is -3.51. The molecule has 0 aliphatic carbocycles. The average molecular weight is 408 g/mol. The van der Waals surface area contributed by atoms with Crippen molar-refractivity contribution in [2.75, 3.05) is 0 Å². The Bertz CT molecular complexity index is 1330. The molecule has 5 aromatic rings. The van der Waals surface area contributed by atoms with E-state index in [2.05, 4.69) is 39.3 Å². The van der Waals surface area contributed by atoms with E-state index in [0.717, 1.165) is 38.2 Å². The van der Waals surface area contributed by atoms with E-state index in [4.69, 9.17) is 0 Å². The molecule has 0 unspecified atom stereocenters. The number of hydrogen-bond donors (Lipinski definition) is 0.